The van der Waals surface area contributed by atoms with Crippen molar-refractivity contribution in [2.75, 3.05) is 28.6 Å². The first-order valence-electron chi connectivity index (χ1n) is 10.7. The van der Waals surface area contributed by atoms with E-state index in [0.29, 0.717) is 11.6 Å². The second-order valence-electron chi connectivity index (χ2n) is 7.99. The highest BCUT2D eigenvalue weighted by atomic mass is 16.1. The van der Waals surface area contributed by atoms with E-state index in [9.17, 15) is 4.79 Å². The summed E-state index contributed by atoms with van der Waals surface area (Å²) < 4.78 is 0. The van der Waals surface area contributed by atoms with Gasteiger partial charge in [0.25, 0.3) is 5.91 Å². The standard InChI is InChI=1S/C23H30N4O/c28-23(26-20-9-11-22(12-10-20)27-13-5-6-14-27)18-15-21(17-24-16-18)25-19-7-3-1-2-4-8-19/h9-12,15-17,19,25H,1-8,13-14H2,(H,26,28). The van der Waals surface area contributed by atoms with Crippen LogP contribution in [-0.4, -0.2) is 30.0 Å². The number of carbonyl (C=O) groups is 1. The molecule has 0 radical (unpaired) electrons. The molecule has 1 aromatic heterocycles. The molecule has 1 saturated heterocycles. The molecular weight excluding hydrogens is 348 g/mol. The maximum absolute atomic E-state index is 12.7. The van der Waals surface area contributed by atoms with Crippen molar-refractivity contribution in [1.82, 2.24) is 4.98 Å². The fourth-order valence-corrected chi connectivity index (χ4v) is 4.24. The molecule has 0 unspecified atom stereocenters. The molecule has 1 aliphatic carbocycles. The van der Waals surface area contributed by atoms with Crippen molar-refractivity contribution < 1.29 is 4.79 Å². The van der Waals surface area contributed by atoms with Crippen LogP contribution < -0.4 is 15.5 Å². The zero-order valence-electron chi connectivity index (χ0n) is 16.5. The quantitative estimate of drug-likeness (QED) is 0.713. The Labute approximate surface area is 167 Å². The third-order valence-electron chi connectivity index (χ3n) is 5.82. The van der Waals surface area contributed by atoms with Crippen molar-refractivity contribution in [1.29, 1.82) is 0 Å². The van der Waals surface area contributed by atoms with Gasteiger partial charge in [0.2, 0.25) is 0 Å². The molecular formula is C23H30N4O. The number of rotatable bonds is 5. The van der Waals surface area contributed by atoms with Gasteiger partial charge in [-0.25, -0.2) is 0 Å². The fraction of sp³-hybridized carbons (Fsp3) is 0.478. The number of hydrogen-bond acceptors (Lipinski definition) is 4. The molecule has 2 aliphatic rings. The van der Waals surface area contributed by atoms with Gasteiger partial charge in [-0.3, -0.25) is 9.78 Å². The smallest absolute Gasteiger partial charge is 0.257 e. The Morgan fingerprint density at radius 2 is 1.61 bits per heavy atom. The largest absolute Gasteiger partial charge is 0.381 e. The molecule has 2 fully saturated rings. The van der Waals surface area contributed by atoms with Crippen LogP contribution in [0.3, 0.4) is 0 Å². The molecule has 28 heavy (non-hydrogen) atoms. The summed E-state index contributed by atoms with van der Waals surface area (Å²) in [7, 11) is 0. The molecule has 0 spiro atoms. The third-order valence-corrected chi connectivity index (χ3v) is 5.82. The molecule has 2 heterocycles. The molecule has 0 atom stereocenters. The zero-order valence-corrected chi connectivity index (χ0v) is 16.5. The number of benzene rings is 1. The van der Waals surface area contributed by atoms with Crippen LogP contribution in [0.4, 0.5) is 17.1 Å². The van der Waals surface area contributed by atoms with Gasteiger partial charge in [0, 0.05) is 42.9 Å². The second-order valence-corrected chi connectivity index (χ2v) is 7.99. The van der Waals surface area contributed by atoms with Gasteiger partial charge in [-0.1, -0.05) is 25.7 Å². The van der Waals surface area contributed by atoms with Gasteiger partial charge in [-0.15, -0.1) is 0 Å². The van der Waals surface area contributed by atoms with Crippen molar-refractivity contribution in [3.63, 3.8) is 0 Å². The Kier molecular flexibility index (Phi) is 6.10. The molecule has 148 valence electrons. The topological polar surface area (TPSA) is 57.3 Å². The first-order chi connectivity index (χ1) is 13.8. The Balaban J connectivity index is 1.37. The Hall–Kier alpha value is -2.56. The molecule has 1 saturated carbocycles. The van der Waals surface area contributed by atoms with Gasteiger partial charge in [-0.2, -0.15) is 0 Å². The maximum Gasteiger partial charge on any atom is 0.257 e. The number of anilines is 3. The van der Waals surface area contributed by atoms with Gasteiger partial charge in [-0.05, 0) is 56.0 Å². The Morgan fingerprint density at radius 1 is 0.893 bits per heavy atom. The van der Waals surface area contributed by atoms with E-state index in [0.717, 1.165) is 24.5 Å². The zero-order chi connectivity index (χ0) is 19.2. The first-order valence-corrected chi connectivity index (χ1v) is 10.7. The molecule has 2 aromatic rings. The van der Waals surface area contributed by atoms with E-state index in [1.807, 2.05) is 24.4 Å². The normalized spacial score (nSPS) is 17.9. The molecule has 1 aromatic carbocycles. The van der Waals surface area contributed by atoms with Gasteiger partial charge < -0.3 is 15.5 Å². The van der Waals surface area contributed by atoms with Crippen molar-refractivity contribution in [3.05, 3.63) is 48.3 Å². The SMILES string of the molecule is O=C(Nc1ccc(N2CCCC2)cc1)c1cncc(NC2CCCCCC2)c1. The minimum absolute atomic E-state index is 0.120. The minimum Gasteiger partial charge on any atom is -0.381 e. The number of nitrogens with zero attached hydrogens (tertiary/aromatic N) is 2. The van der Waals surface area contributed by atoms with E-state index in [4.69, 9.17) is 0 Å². The number of pyridine rings is 1. The Bertz CT molecular complexity index is 775. The van der Waals surface area contributed by atoms with E-state index >= 15 is 0 Å². The van der Waals surface area contributed by atoms with Gasteiger partial charge in [0.05, 0.1) is 11.3 Å². The van der Waals surface area contributed by atoms with Crippen molar-refractivity contribution >= 4 is 23.0 Å². The summed E-state index contributed by atoms with van der Waals surface area (Å²) in [6.07, 6.45) is 13.6. The number of nitrogens with one attached hydrogen (secondary N) is 2. The number of aromatic nitrogens is 1. The lowest BCUT2D eigenvalue weighted by Crippen LogP contribution is -2.19. The van der Waals surface area contributed by atoms with Crippen LogP contribution in [0.5, 0.6) is 0 Å². The van der Waals surface area contributed by atoms with Gasteiger partial charge >= 0.3 is 0 Å². The lowest BCUT2D eigenvalue weighted by molar-refractivity contribution is 0.102. The lowest BCUT2D eigenvalue weighted by Gasteiger charge is -2.18. The third kappa shape index (κ3) is 4.83. The monoisotopic (exact) mass is 378 g/mol. The molecule has 1 aliphatic heterocycles. The number of amides is 1. The highest BCUT2D eigenvalue weighted by Crippen LogP contribution is 2.23. The summed E-state index contributed by atoms with van der Waals surface area (Å²) in [5.74, 6) is -0.120. The highest BCUT2D eigenvalue weighted by molar-refractivity contribution is 6.04. The predicted octanol–water partition coefficient (Wildman–Crippen LogP) is 5.07. The van der Waals surface area contributed by atoms with E-state index < -0.39 is 0 Å². The summed E-state index contributed by atoms with van der Waals surface area (Å²) in [5.41, 5.74) is 3.56. The molecule has 2 N–H and O–H groups in total. The van der Waals surface area contributed by atoms with Crippen LogP contribution in [0.15, 0.2) is 42.7 Å². The van der Waals surface area contributed by atoms with Crippen molar-refractivity contribution in [2.45, 2.75) is 57.4 Å². The fourth-order valence-electron chi connectivity index (χ4n) is 4.24. The van der Waals surface area contributed by atoms with E-state index in [2.05, 4.69) is 32.7 Å². The van der Waals surface area contributed by atoms with Crippen LogP contribution in [0.1, 0.15) is 61.7 Å². The van der Waals surface area contributed by atoms with Crippen LogP contribution in [0, 0.1) is 0 Å². The summed E-state index contributed by atoms with van der Waals surface area (Å²) in [4.78, 5) is 19.3. The average molecular weight is 379 g/mol. The first kappa shape index (κ1) is 18.8. The van der Waals surface area contributed by atoms with Crippen molar-refractivity contribution in [3.8, 4) is 0 Å². The molecule has 0 bridgehead atoms. The van der Waals surface area contributed by atoms with E-state index in [1.165, 1.54) is 57.1 Å². The number of hydrogen-bond donors (Lipinski definition) is 2. The van der Waals surface area contributed by atoms with E-state index in [1.54, 1.807) is 6.20 Å². The summed E-state index contributed by atoms with van der Waals surface area (Å²) >= 11 is 0. The highest BCUT2D eigenvalue weighted by Gasteiger charge is 2.14. The minimum atomic E-state index is -0.120. The molecule has 4 rings (SSSR count). The summed E-state index contributed by atoms with van der Waals surface area (Å²) in [5, 5.41) is 6.56. The van der Waals surface area contributed by atoms with Crippen LogP contribution in [-0.2, 0) is 0 Å². The molecule has 1 amide bonds. The van der Waals surface area contributed by atoms with E-state index in [-0.39, 0.29) is 5.91 Å². The average Bonchev–Trinajstić information content (AvgIpc) is 3.14. The van der Waals surface area contributed by atoms with Gasteiger partial charge in [0.1, 0.15) is 0 Å². The molecule has 5 heteroatoms. The summed E-state index contributed by atoms with van der Waals surface area (Å²) in [6, 6.07) is 10.5. The Morgan fingerprint density at radius 3 is 2.32 bits per heavy atom. The van der Waals surface area contributed by atoms with Crippen LogP contribution in [0.2, 0.25) is 0 Å². The molecule has 5 nitrogen and oxygen atoms in total. The number of carbonyl (C=O) groups excluding carboxylic acids is 1. The predicted molar refractivity (Wildman–Crippen MR) is 115 cm³/mol. The summed E-state index contributed by atoms with van der Waals surface area (Å²) in [6.45, 7) is 2.25. The van der Waals surface area contributed by atoms with Crippen LogP contribution >= 0.6 is 0 Å². The lowest BCUT2D eigenvalue weighted by atomic mass is 10.1. The van der Waals surface area contributed by atoms with Gasteiger partial charge in [0.15, 0.2) is 0 Å². The van der Waals surface area contributed by atoms with Crippen molar-refractivity contribution in [2.24, 2.45) is 0 Å². The van der Waals surface area contributed by atoms with Crippen LogP contribution in [0.25, 0.3) is 0 Å². The maximum atomic E-state index is 12.7. The second kappa shape index (κ2) is 9.09.